The predicted octanol–water partition coefficient (Wildman–Crippen LogP) is 3.97. The van der Waals surface area contributed by atoms with Gasteiger partial charge in [0, 0.05) is 34.4 Å². The van der Waals surface area contributed by atoms with Gasteiger partial charge in [0.25, 0.3) is 5.91 Å². The van der Waals surface area contributed by atoms with Crippen LogP contribution in [0.25, 0.3) is 5.69 Å². The van der Waals surface area contributed by atoms with Gasteiger partial charge in [-0.1, -0.05) is 23.8 Å². The molecular weight excluding hydrogens is 364 g/mol. The van der Waals surface area contributed by atoms with Gasteiger partial charge in [0.2, 0.25) is 0 Å². The fraction of sp³-hybridized carbons (Fsp3) is 0.217. The van der Waals surface area contributed by atoms with Gasteiger partial charge in [0.15, 0.2) is 0 Å². The zero-order valence-corrected chi connectivity index (χ0v) is 17.2. The van der Waals surface area contributed by atoms with Crippen LogP contribution in [0.4, 0.5) is 5.69 Å². The van der Waals surface area contributed by atoms with Gasteiger partial charge < -0.3 is 14.6 Å². The van der Waals surface area contributed by atoms with Crippen molar-refractivity contribution in [2.75, 3.05) is 19.0 Å². The van der Waals surface area contributed by atoms with Gasteiger partial charge in [-0.3, -0.25) is 4.79 Å². The van der Waals surface area contributed by atoms with Gasteiger partial charge in [-0.2, -0.15) is 5.10 Å². The van der Waals surface area contributed by atoms with Crippen molar-refractivity contribution in [1.29, 1.82) is 0 Å². The Bertz CT molecular complexity index is 1020. The van der Waals surface area contributed by atoms with E-state index in [2.05, 4.69) is 64.6 Å². The van der Waals surface area contributed by atoms with Crippen molar-refractivity contribution in [2.45, 2.75) is 20.8 Å². The summed E-state index contributed by atoms with van der Waals surface area (Å²) in [4.78, 5) is 12.0. The van der Waals surface area contributed by atoms with Crippen LogP contribution < -0.4 is 15.5 Å². The van der Waals surface area contributed by atoms with Crippen LogP contribution >= 0.6 is 0 Å². The van der Waals surface area contributed by atoms with E-state index in [-0.39, 0.29) is 12.5 Å². The molecule has 0 aliphatic rings. The van der Waals surface area contributed by atoms with Crippen molar-refractivity contribution in [3.63, 3.8) is 0 Å². The third-order valence-electron chi connectivity index (χ3n) is 4.68. The van der Waals surface area contributed by atoms with Crippen molar-refractivity contribution in [1.82, 2.24) is 9.99 Å². The molecule has 0 aliphatic heterocycles. The number of carbonyl (C=O) groups is 1. The molecule has 6 nitrogen and oxygen atoms in total. The van der Waals surface area contributed by atoms with Gasteiger partial charge >= 0.3 is 0 Å². The molecule has 1 aromatic heterocycles. The normalized spacial score (nSPS) is 10.9. The van der Waals surface area contributed by atoms with Crippen LogP contribution in [-0.4, -0.2) is 30.3 Å². The molecule has 1 amide bonds. The molecule has 0 spiro atoms. The third-order valence-corrected chi connectivity index (χ3v) is 4.68. The number of anilines is 1. The molecule has 0 saturated heterocycles. The van der Waals surface area contributed by atoms with Crippen LogP contribution in [0.15, 0.2) is 59.7 Å². The highest BCUT2D eigenvalue weighted by Crippen LogP contribution is 2.20. The molecule has 0 atom stereocenters. The second kappa shape index (κ2) is 9.10. The number of hydrogen-bond donors (Lipinski definition) is 2. The Balaban J connectivity index is 1.60. The number of ether oxygens (including phenoxy) is 1. The Labute approximate surface area is 171 Å². The molecule has 0 bridgehead atoms. The summed E-state index contributed by atoms with van der Waals surface area (Å²) in [6, 6.07) is 17.9. The van der Waals surface area contributed by atoms with Crippen LogP contribution in [0.1, 0.15) is 22.5 Å². The van der Waals surface area contributed by atoms with E-state index in [9.17, 15) is 4.79 Å². The molecule has 3 aromatic rings. The number of amides is 1. The molecule has 2 N–H and O–H groups in total. The number of hydrogen-bond acceptors (Lipinski definition) is 4. The fourth-order valence-electron chi connectivity index (χ4n) is 3.14. The van der Waals surface area contributed by atoms with Crippen LogP contribution in [-0.2, 0) is 4.79 Å². The molecule has 3 rings (SSSR count). The zero-order chi connectivity index (χ0) is 20.8. The number of nitrogens with one attached hydrogen (secondary N) is 2. The summed E-state index contributed by atoms with van der Waals surface area (Å²) in [6.07, 6.45) is 1.68. The van der Waals surface area contributed by atoms with E-state index < -0.39 is 0 Å². The van der Waals surface area contributed by atoms with Crippen LogP contribution in [0.2, 0.25) is 0 Å². The molecular formula is C23H26N4O2. The van der Waals surface area contributed by atoms with Gasteiger partial charge in [0.05, 0.1) is 19.9 Å². The first-order valence-corrected chi connectivity index (χ1v) is 9.43. The summed E-state index contributed by atoms with van der Waals surface area (Å²) in [5.74, 6) is 0.508. The minimum absolute atomic E-state index is 0.118. The lowest BCUT2D eigenvalue weighted by Crippen LogP contribution is -2.25. The first-order chi connectivity index (χ1) is 14.0. The standard InChI is InChI=1S/C23H26N4O2/c1-16-8-10-21(11-9-16)27-17(2)12-19(18(27)3)14-25-26-23(28)15-24-20-6-5-7-22(13-20)29-4/h5-14,24H,15H2,1-4H3,(H,26,28)/b25-14-. The second-order valence-corrected chi connectivity index (χ2v) is 6.88. The molecule has 0 radical (unpaired) electrons. The number of nitrogens with zero attached hydrogens (tertiary/aromatic N) is 2. The molecule has 29 heavy (non-hydrogen) atoms. The van der Waals surface area contributed by atoms with Crippen molar-refractivity contribution in [3.8, 4) is 11.4 Å². The fourth-order valence-corrected chi connectivity index (χ4v) is 3.14. The maximum atomic E-state index is 12.0. The Morgan fingerprint density at radius 1 is 1.10 bits per heavy atom. The number of carbonyl (C=O) groups excluding carboxylic acids is 1. The lowest BCUT2D eigenvalue weighted by atomic mass is 10.2. The number of aromatic nitrogens is 1. The van der Waals surface area contributed by atoms with Crippen molar-refractivity contribution in [3.05, 3.63) is 77.1 Å². The van der Waals surface area contributed by atoms with Crippen molar-refractivity contribution < 1.29 is 9.53 Å². The van der Waals surface area contributed by atoms with Crippen molar-refractivity contribution in [2.24, 2.45) is 5.10 Å². The van der Waals surface area contributed by atoms with E-state index in [1.807, 2.05) is 31.2 Å². The topological polar surface area (TPSA) is 67.7 Å². The maximum Gasteiger partial charge on any atom is 0.259 e. The highest BCUT2D eigenvalue weighted by atomic mass is 16.5. The highest BCUT2D eigenvalue weighted by Gasteiger charge is 2.09. The van der Waals surface area contributed by atoms with E-state index in [4.69, 9.17) is 4.74 Å². The minimum atomic E-state index is -0.226. The van der Waals surface area contributed by atoms with Crippen molar-refractivity contribution >= 4 is 17.8 Å². The molecule has 0 fully saturated rings. The van der Waals surface area contributed by atoms with E-state index in [0.29, 0.717) is 0 Å². The van der Waals surface area contributed by atoms with E-state index in [1.54, 1.807) is 13.3 Å². The van der Waals surface area contributed by atoms with Gasteiger partial charge in [-0.25, -0.2) is 5.43 Å². The maximum absolute atomic E-state index is 12.0. The molecule has 0 saturated carbocycles. The molecule has 0 unspecified atom stereocenters. The summed E-state index contributed by atoms with van der Waals surface area (Å²) in [5, 5.41) is 7.16. The van der Waals surface area contributed by atoms with E-state index in [1.165, 1.54) is 5.56 Å². The second-order valence-electron chi connectivity index (χ2n) is 6.88. The quantitative estimate of drug-likeness (QED) is 0.474. The lowest BCUT2D eigenvalue weighted by Gasteiger charge is -2.09. The number of benzene rings is 2. The Hall–Kier alpha value is -3.54. The molecule has 6 heteroatoms. The van der Waals surface area contributed by atoms with Crippen LogP contribution in [0.3, 0.4) is 0 Å². The smallest absolute Gasteiger partial charge is 0.259 e. The molecule has 1 heterocycles. The number of aryl methyl sites for hydroxylation is 2. The molecule has 150 valence electrons. The Morgan fingerprint density at radius 2 is 1.86 bits per heavy atom. The Kier molecular flexibility index (Phi) is 6.34. The number of hydrazone groups is 1. The number of methoxy groups -OCH3 is 1. The largest absolute Gasteiger partial charge is 0.497 e. The van der Waals surface area contributed by atoms with Gasteiger partial charge in [-0.05, 0) is 51.1 Å². The first kappa shape index (κ1) is 20.2. The minimum Gasteiger partial charge on any atom is -0.497 e. The van der Waals surface area contributed by atoms with E-state index in [0.717, 1.165) is 34.1 Å². The first-order valence-electron chi connectivity index (χ1n) is 9.43. The average Bonchev–Trinajstić information content (AvgIpc) is 3.00. The summed E-state index contributed by atoms with van der Waals surface area (Å²) < 4.78 is 7.34. The van der Waals surface area contributed by atoms with Gasteiger partial charge in [-0.15, -0.1) is 0 Å². The van der Waals surface area contributed by atoms with Crippen LogP contribution in [0.5, 0.6) is 5.75 Å². The summed E-state index contributed by atoms with van der Waals surface area (Å²) in [5.41, 5.74) is 8.84. The van der Waals surface area contributed by atoms with Crippen LogP contribution in [0, 0.1) is 20.8 Å². The third kappa shape index (κ3) is 5.04. The summed E-state index contributed by atoms with van der Waals surface area (Å²) in [6.45, 7) is 6.29. The average molecular weight is 390 g/mol. The Morgan fingerprint density at radius 3 is 2.59 bits per heavy atom. The number of rotatable bonds is 7. The van der Waals surface area contributed by atoms with Gasteiger partial charge in [0.1, 0.15) is 5.75 Å². The zero-order valence-electron chi connectivity index (χ0n) is 17.2. The lowest BCUT2D eigenvalue weighted by molar-refractivity contribution is -0.119. The highest BCUT2D eigenvalue weighted by molar-refractivity contribution is 5.85. The summed E-state index contributed by atoms with van der Waals surface area (Å²) in [7, 11) is 1.61. The van der Waals surface area contributed by atoms with E-state index >= 15 is 0 Å². The molecule has 0 aliphatic carbocycles. The SMILES string of the molecule is COc1cccc(NCC(=O)N/N=C\c2cc(C)n(-c3ccc(C)cc3)c2C)c1. The predicted molar refractivity (Wildman–Crippen MR) is 117 cm³/mol. The molecule has 2 aromatic carbocycles. The monoisotopic (exact) mass is 390 g/mol. The summed E-state index contributed by atoms with van der Waals surface area (Å²) >= 11 is 0.